The van der Waals surface area contributed by atoms with Gasteiger partial charge < -0.3 is 14.2 Å². The van der Waals surface area contributed by atoms with Gasteiger partial charge in [-0.05, 0) is 66.7 Å². The fraction of sp³-hybridized carbons (Fsp3) is 0.471. The minimum absolute atomic E-state index is 0.0657. The summed E-state index contributed by atoms with van der Waals surface area (Å²) >= 11 is 0. The van der Waals surface area contributed by atoms with Crippen LogP contribution in [0.15, 0.2) is 55.1 Å². The highest BCUT2D eigenvalue weighted by Gasteiger charge is 2.44. The molecule has 1 aromatic carbocycles. The van der Waals surface area contributed by atoms with Crippen LogP contribution in [0.1, 0.15) is 67.9 Å². The van der Waals surface area contributed by atoms with Gasteiger partial charge in [-0.1, -0.05) is 45.7 Å². The van der Waals surface area contributed by atoms with E-state index in [1.54, 1.807) is 4.68 Å². The molecule has 226 valence electrons. The molecule has 0 bridgehead atoms. The van der Waals surface area contributed by atoms with Crippen LogP contribution in [0, 0.1) is 0 Å². The van der Waals surface area contributed by atoms with Gasteiger partial charge in [0.05, 0.1) is 47.5 Å². The molecule has 4 aromatic rings. The first kappa shape index (κ1) is 29.5. The van der Waals surface area contributed by atoms with Crippen molar-refractivity contribution in [1.82, 2.24) is 24.6 Å². The Balaban J connectivity index is 1.34. The predicted octanol–water partition coefficient (Wildman–Crippen LogP) is 6.80. The largest absolute Gasteiger partial charge is 0.412 e. The molecule has 2 atom stereocenters. The number of hydrogen-bond donors (Lipinski definition) is 0. The number of amides is 1. The van der Waals surface area contributed by atoms with Crippen LogP contribution in [0.25, 0.3) is 22.2 Å². The minimum atomic E-state index is -1.99. The minimum Gasteiger partial charge on any atom is -0.412 e. The molecule has 1 aliphatic heterocycles. The average molecular weight is 597 g/mol. The van der Waals surface area contributed by atoms with Crippen LogP contribution in [0.4, 0.5) is 5.69 Å². The zero-order valence-electron chi connectivity index (χ0n) is 26.6. The topological polar surface area (TPSA) is 76.4 Å². The van der Waals surface area contributed by atoms with E-state index in [2.05, 4.69) is 74.0 Å². The van der Waals surface area contributed by atoms with Gasteiger partial charge in [0, 0.05) is 43.6 Å². The van der Waals surface area contributed by atoms with E-state index in [-0.39, 0.29) is 23.1 Å². The second-order valence-electron chi connectivity index (χ2n) is 13.8. The molecular weight excluding hydrogens is 553 g/mol. The lowest BCUT2D eigenvalue weighted by Gasteiger charge is -2.48. The molecule has 2 aliphatic rings. The SMILES string of the molecule is CN1CN([C@H]2CCCC[C@@H]2O[Si](C)(C)C(C)(C)C)C(=O)c2cc(Cc3ccc(-c4cnn(C)c4)nc3)c3cccnc3c21. The molecule has 0 radical (unpaired) electrons. The number of pyridine rings is 2. The number of fused-ring (bicyclic) bond motifs is 3. The van der Waals surface area contributed by atoms with E-state index in [1.165, 1.54) is 0 Å². The molecular formula is C34H44N6O2Si. The smallest absolute Gasteiger partial charge is 0.257 e. The van der Waals surface area contributed by atoms with E-state index < -0.39 is 8.32 Å². The molecule has 4 heterocycles. The third-order valence-corrected chi connectivity index (χ3v) is 14.2. The third kappa shape index (κ3) is 5.60. The first-order valence-corrected chi connectivity index (χ1v) is 18.4. The Morgan fingerprint density at radius 1 is 1.05 bits per heavy atom. The standard InChI is InChI=1S/C34H44N6O2Si/c1-34(2,3)43(6,7)42-30-13-9-8-12-29(30)40-22-38(4)32-27(33(40)41)18-24(26-11-10-16-35-31(26)32)17-23-14-15-28(36-19-23)25-20-37-39(5)21-25/h10-11,14-16,18-21,29-30H,8-9,12-13,17,22H2,1-7H3/t29-,30-/m0/s1. The van der Waals surface area contributed by atoms with Crippen molar-refractivity contribution < 1.29 is 9.22 Å². The number of nitrogens with zero attached hydrogens (tertiary/aromatic N) is 6. The molecule has 43 heavy (non-hydrogen) atoms. The molecule has 9 heteroatoms. The summed E-state index contributed by atoms with van der Waals surface area (Å²) < 4.78 is 8.78. The van der Waals surface area contributed by atoms with Crippen LogP contribution in [-0.2, 0) is 17.9 Å². The molecule has 1 aliphatic carbocycles. The van der Waals surface area contributed by atoms with Crippen molar-refractivity contribution in [2.45, 2.75) is 83.2 Å². The van der Waals surface area contributed by atoms with Crippen LogP contribution in [0.2, 0.25) is 18.1 Å². The zero-order valence-corrected chi connectivity index (χ0v) is 27.6. The van der Waals surface area contributed by atoms with Crippen LogP contribution in [-0.4, -0.2) is 64.7 Å². The quantitative estimate of drug-likeness (QED) is 0.228. The van der Waals surface area contributed by atoms with Crippen molar-refractivity contribution in [3.05, 3.63) is 71.8 Å². The highest BCUT2D eigenvalue weighted by atomic mass is 28.4. The summed E-state index contributed by atoms with van der Waals surface area (Å²) in [6.45, 7) is 12.0. The van der Waals surface area contributed by atoms with Crippen molar-refractivity contribution in [3.8, 4) is 11.3 Å². The number of benzene rings is 1. The summed E-state index contributed by atoms with van der Waals surface area (Å²) in [4.78, 5) is 28.2. The maximum Gasteiger partial charge on any atom is 0.257 e. The van der Waals surface area contributed by atoms with Gasteiger partial charge in [-0.25, -0.2) is 0 Å². The first-order valence-electron chi connectivity index (χ1n) is 15.5. The molecule has 1 fully saturated rings. The lowest BCUT2D eigenvalue weighted by atomic mass is 9.89. The van der Waals surface area contributed by atoms with E-state index in [0.717, 1.165) is 70.2 Å². The Hall–Kier alpha value is -3.56. The van der Waals surface area contributed by atoms with E-state index in [9.17, 15) is 4.79 Å². The number of hydrogen-bond acceptors (Lipinski definition) is 6. The fourth-order valence-corrected chi connectivity index (χ4v) is 7.76. The zero-order chi connectivity index (χ0) is 30.5. The number of rotatable bonds is 6. The number of anilines is 1. The number of carbonyl (C=O) groups excluding carboxylic acids is 1. The summed E-state index contributed by atoms with van der Waals surface area (Å²) in [5.74, 6) is 0.0858. The van der Waals surface area contributed by atoms with Crippen LogP contribution in [0.5, 0.6) is 0 Å². The summed E-state index contributed by atoms with van der Waals surface area (Å²) in [6.07, 6.45) is 12.5. The fourth-order valence-electron chi connectivity index (χ4n) is 6.37. The van der Waals surface area contributed by atoms with E-state index in [0.29, 0.717) is 13.1 Å². The van der Waals surface area contributed by atoms with Gasteiger partial charge >= 0.3 is 0 Å². The van der Waals surface area contributed by atoms with E-state index in [1.807, 2.05) is 44.0 Å². The molecule has 0 saturated heterocycles. The number of carbonyl (C=O) groups is 1. The maximum absolute atomic E-state index is 14.4. The van der Waals surface area contributed by atoms with Gasteiger partial charge in [-0.2, -0.15) is 5.10 Å². The lowest BCUT2D eigenvalue weighted by molar-refractivity contribution is 0.0218. The second kappa shape index (κ2) is 11.2. The normalized spacial score (nSPS) is 19.7. The highest BCUT2D eigenvalue weighted by molar-refractivity contribution is 6.74. The first-order chi connectivity index (χ1) is 20.4. The van der Waals surface area contributed by atoms with E-state index in [4.69, 9.17) is 14.4 Å². The van der Waals surface area contributed by atoms with Crippen LogP contribution in [0.3, 0.4) is 0 Å². The second-order valence-corrected chi connectivity index (χ2v) is 18.6. The molecule has 3 aromatic heterocycles. The summed E-state index contributed by atoms with van der Waals surface area (Å²) in [6, 6.07) is 10.4. The highest BCUT2D eigenvalue weighted by Crippen LogP contribution is 2.42. The number of aromatic nitrogens is 4. The van der Waals surface area contributed by atoms with Gasteiger partial charge in [0.2, 0.25) is 0 Å². The maximum atomic E-state index is 14.4. The van der Waals surface area contributed by atoms with Crippen molar-refractivity contribution >= 4 is 30.8 Å². The molecule has 1 amide bonds. The Labute approximate surface area is 256 Å². The van der Waals surface area contributed by atoms with Crippen molar-refractivity contribution in [3.63, 3.8) is 0 Å². The predicted molar refractivity (Wildman–Crippen MR) is 175 cm³/mol. The Morgan fingerprint density at radius 2 is 1.84 bits per heavy atom. The van der Waals surface area contributed by atoms with Crippen molar-refractivity contribution in [2.24, 2.45) is 7.05 Å². The Bertz CT molecular complexity index is 1640. The average Bonchev–Trinajstić information content (AvgIpc) is 3.41. The Kier molecular flexibility index (Phi) is 7.67. The van der Waals surface area contributed by atoms with E-state index >= 15 is 0 Å². The molecule has 6 rings (SSSR count). The molecule has 1 saturated carbocycles. The molecule has 8 nitrogen and oxygen atoms in total. The van der Waals surface area contributed by atoms with Crippen LogP contribution >= 0.6 is 0 Å². The third-order valence-electron chi connectivity index (χ3n) is 9.73. The summed E-state index contributed by atoms with van der Waals surface area (Å²) in [5, 5.41) is 5.46. The van der Waals surface area contributed by atoms with Crippen molar-refractivity contribution in [1.29, 1.82) is 0 Å². The molecule has 0 N–H and O–H groups in total. The van der Waals surface area contributed by atoms with Gasteiger partial charge in [-0.15, -0.1) is 0 Å². The van der Waals surface area contributed by atoms with Gasteiger partial charge in [0.1, 0.15) is 0 Å². The van der Waals surface area contributed by atoms with Crippen LogP contribution < -0.4 is 4.90 Å². The Morgan fingerprint density at radius 3 is 2.53 bits per heavy atom. The van der Waals surface area contributed by atoms with Gasteiger partial charge in [0.15, 0.2) is 8.32 Å². The molecule has 0 spiro atoms. The molecule has 0 unspecified atom stereocenters. The van der Waals surface area contributed by atoms with Gasteiger partial charge in [0.25, 0.3) is 5.91 Å². The summed E-state index contributed by atoms with van der Waals surface area (Å²) in [7, 11) is 1.99. The van der Waals surface area contributed by atoms with Gasteiger partial charge in [-0.3, -0.25) is 19.4 Å². The monoisotopic (exact) mass is 596 g/mol. The lowest BCUT2D eigenvalue weighted by Crippen LogP contribution is -2.58. The van der Waals surface area contributed by atoms with Crippen molar-refractivity contribution in [2.75, 3.05) is 18.6 Å². The summed E-state index contributed by atoms with van der Waals surface area (Å²) in [5.41, 5.74) is 6.58. The number of aryl methyl sites for hydroxylation is 1.